The van der Waals surface area contributed by atoms with E-state index in [0.29, 0.717) is 24.7 Å². The minimum absolute atomic E-state index is 0.0276. The van der Waals surface area contributed by atoms with Crippen molar-refractivity contribution >= 4 is 12.0 Å². The molecule has 0 aliphatic carbocycles. The van der Waals surface area contributed by atoms with Crippen molar-refractivity contribution in [2.24, 2.45) is 0 Å². The van der Waals surface area contributed by atoms with E-state index in [4.69, 9.17) is 9.26 Å². The molecule has 1 aliphatic heterocycles. The van der Waals surface area contributed by atoms with Gasteiger partial charge in [0.2, 0.25) is 11.8 Å². The molecule has 1 fully saturated rings. The monoisotopic (exact) mass is 344 g/mol. The van der Waals surface area contributed by atoms with Crippen molar-refractivity contribution in [3.05, 3.63) is 47.6 Å². The summed E-state index contributed by atoms with van der Waals surface area (Å²) in [6.45, 7) is 2.38. The molecule has 0 saturated carbocycles. The molecule has 0 N–H and O–H groups in total. The lowest BCUT2D eigenvalue weighted by atomic mass is 10.1. The van der Waals surface area contributed by atoms with Crippen LogP contribution in [-0.4, -0.2) is 58.7 Å². The zero-order valence-electron chi connectivity index (χ0n) is 14.2. The average Bonchev–Trinajstić information content (AvgIpc) is 3.19. The highest BCUT2D eigenvalue weighted by atomic mass is 16.6. The summed E-state index contributed by atoms with van der Waals surface area (Å²) < 4.78 is 10.0. The lowest BCUT2D eigenvalue weighted by Crippen LogP contribution is -2.40. The molecule has 132 valence electrons. The first-order valence-corrected chi connectivity index (χ1v) is 8.06. The average molecular weight is 344 g/mol. The Hall–Kier alpha value is -2.90. The number of hydrogen-bond donors (Lipinski definition) is 0. The number of ether oxygens (including phenoxy) is 1. The predicted molar refractivity (Wildman–Crippen MR) is 87.6 cm³/mol. The first-order valence-electron chi connectivity index (χ1n) is 8.06. The van der Waals surface area contributed by atoms with Crippen LogP contribution in [0, 0.1) is 6.92 Å². The number of carbonyl (C=O) groups excluding carboxylic acids is 2. The van der Waals surface area contributed by atoms with Crippen LogP contribution in [0.3, 0.4) is 0 Å². The number of carbonyl (C=O) groups is 2. The molecule has 3 rings (SSSR count). The van der Waals surface area contributed by atoms with Gasteiger partial charge in [-0.2, -0.15) is 4.98 Å². The molecular formula is C17H20N4O4. The van der Waals surface area contributed by atoms with Crippen molar-refractivity contribution in [1.29, 1.82) is 0 Å². The van der Waals surface area contributed by atoms with Gasteiger partial charge in [-0.05, 0) is 5.56 Å². The Morgan fingerprint density at radius 1 is 1.36 bits per heavy atom. The Bertz CT molecular complexity index is 746. The number of benzene rings is 1. The largest absolute Gasteiger partial charge is 0.447 e. The first kappa shape index (κ1) is 16.9. The van der Waals surface area contributed by atoms with Gasteiger partial charge in [0, 0.05) is 26.9 Å². The van der Waals surface area contributed by atoms with Crippen LogP contribution in [0.2, 0.25) is 0 Å². The Balaban J connectivity index is 1.59. The van der Waals surface area contributed by atoms with Crippen molar-refractivity contribution in [2.75, 3.05) is 26.7 Å². The van der Waals surface area contributed by atoms with Gasteiger partial charge >= 0.3 is 6.09 Å². The van der Waals surface area contributed by atoms with E-state index in [9.17, 15) is 9.59 Å². The number of amides is 2. The third kappa shape index (κ3) is 3.96. The molecule has 8 heteroatoms. The highest BCUT2D eigenvalue weighted by Crippen LogP contribution is 2.27. The molecular weight excluding hydrogens is 324 g/mol. The fraction of sp³-hybridized carbons (Fsp3) is 0.412. The highest BCUT2D eigenvalue weighted by molar-refractivity contribution is 5.83. The molecule has 0 spiro atoms. The summed E-state index contributed by atoms with van der Waals surface area (Å²) in [5.74, 6) is 0.884. The van der Waals surface area contributed by atoms with Crippen molar-refractivity contribution in [3.63, 3.8) is 0 Å². The van der Waals surface area contributed by atoms with E-state index in [1.54, 1.807) is 18.9 Å². The fourth-order valence-corrected chi connectivity index (χ4v) is 2.68. The number of nitrogens with zero attached hydrogens (tertiary/aromatic N) is 4. The maximum atomic E-state index is 12.5. The van der Waals surface area contributed by atoms with Crippen LogP contribution in [0.4, 0.5) is 4.79 Å². The van der Waals surface area contributed by atoms with E-state index in [1.165, 1.54) is 4.90 Å². The summed E-state index contributed by atoms with van der Waals surface area (Å²) >= 11 is 0. The van der Waals surface area contributed by atoms with E-state index in [2.05, 4.69) is 10.1 Å². The van der Waals surface area contributed by atoms with Gasteiger partial charge in [0.15, 0.2) is 5.82 Å². The normalized spacial score (nSPS) is 16.8. The lowest BCUT2D eigenvalue weighted by Gasteiger charge is -2.24. The van der Waals surface area contributed by atoms with E-state index < -0.39 is 6.09 Å². The van der Waals surface area contributed by atoms with Crippen molar-refractivity contribution in [3.8, 4) is 0 Å². The second kappa shape index (κ2) is 7.33. The smallest absolute Gasteiger partial charge is 0.410 e. The van der Waals surface area contributed by atoms with Crippen molar-refractivity contribution in [2.45, 2.75) is 19.4 Å². The minimum atomic E-state index is -0.468. The molecule has 1 saturated heterocycles. The number of hydrogen-bond acceptors (Lipinski definition) is 6. The molecule has 25 heavy (non-hydrogen) atoms. The minimum Gasteiger partial charge on any atom is -0.447 e. The second-order valence-corrected chi connectivity index (χ2v) is 5.93. The molecule has 0 bridgehead atoms. The van der Waals surface area contributed by atoms with Gasteiger partial charge in [0.1, 0.15) is 13.2 Å². The zero-order chi connectivity index (χ0) is 17.8. The standard InChI is InChI=1S/C17H20N4O4/c1-12-18-15(19-25-12)8-9-20(2)16(22)10-21-14(11-24-17(21)23)13-6-4-3-5-7-13/h3-7,14H,8-11H2,1-2H3/t14-/m1/s1. The van der Waals surface area contributed by atoms with Gasteiger partial charge in [-0.3, -0.25) is 9.69 Å². The van der Waals surface area contributed by atoms with Crippen molar-refractivity contribution in [1.82, 2.24) is 19.9 Å². The topological polar surface area (TPSA) is 88.8 Å². The predicted octanol–water partition coefficient (Wildman–Crippen LogP) is 1.57. The summed E-state index contributed by atoms with van der Waals surface area (Å²) in [6, 6.07) is 9.31. The van der Waals surface area contributed by atoms with Crippen LogP contribution in [0.15, 0.2) is 34.9 Å². The number of cyclic esters (lactones) is 1. The fourth-order valence-electron chi connectivity index (χ4n) is 2.68. The van der Waals surface area contributed by atoms with Crippen LogP contribution >= 0.6 is 0 Å². The van der Waals surface area contributed by atoms with Crippen LogP contribution in [-0.2, 0) is 16.0 Å². The number of rotatable bonds is 6. The Labute approximate surface area is 145 Å². The molecule has 0 radical (unpaired) electrons. The van der Waals surface area contributed by atoms with E-state index in [-0.39, 0.29) is 25.1 Å². The van der Waals surface area contributed by atoms with Crippen LogP contribution in [0.25, 0.3) is 0 Å². The second-order valence-electron chi connectivity index (χ2n) is 5.93. The van der Waals surface area contributed by atoms with Gasteiger partial charge < -0.3 is 14.2 Å². The Morgan fingerprint density at radius 2 is 2.12 bits per heavy atom. The molecule has 1 aromatic carbocycles. The molecule has 2 amide bonds. The van der Waals surface area contributed by atoms with Crippen LogP contribution in [0.5, 0.6) is 0 Å². The summed E-state index contributed by atoms with van der Waals surface area (Å²) in [4.78, 5) is 31.6. The SMILES string of the molecule is Cc1nc(CCN(C)C(=O)CN2C(=O)OC[C@@H]2c2ccccc2)no1. The summed E-state index contributed by atoms with van der Waals surface area (Å²) in [7, 11) is 1.69. The molecule has 0 unspecified atom stereocenters. The lowest BCUT2D eigenvalue weighted by molar-refractivity contribution is -0.130. The molecule has 1 aromatic heterocycles. The van der Waals surface area contributed by atoms with Crippen molar-refractivity contribution < 1.29 is 18.8 Å². The van der Waals surface area contributed by atoms with Gasteiger partial charge in [0.05, 0.1) is 6.04 Å². The summed E-state index contributed by atoms with van der Waals surface area (Å²) in [5, 5.41) is 3.81. The molecule has 2 heterocycles. The third-order valence-electron chi connectivity index (χ3n) is 4.13. The molecule has 1 atom stereocenters. The Morgan fingerprint density at radius 3 is 2.80 bits per heavy atom. The van der Waals surface area contributed by atoms with E-state index >= 15 is 0 Å². The van der Waals surface area contributed by atoms with Crippen LogP contribution < -0.4 is 0 Å². The maximum Gasteiger partial charge on any atom is 0.410 e. The Kier molecular flexibility index (Phi) is 4.97. The number of likely N-dealkylation sites (N-methyl/N-ethyl adjacent to an activating group) is 1. The molecule has 1 aliphatic rings. The van der Waals surface area contributed by atoms with Crippen LogP contribution in [0.1, 0.15) is 23.3 Å². The summed E-state index contributed by atoms with van der Waals surface area (Å²) in [6.07, 6.45) is 0.0241. The number of aryl methyl sites for hydroxylation is 1. The van der Waals surface area contributed by atoms with Gasteiger partial charge in [-0.25, -0.2) is 4.79 Å². The summed E-state index contributed by atoms with van der Waals surface area (Å²) in [5.41, 5.74) is 0.950. The zero-order valence-corrected chi connectivity index (χ0v) is 14.2. The van der Waals surface area contributed by atoms with E-state index in [1.807, 2.05) is 30.3 Å². The molecule has 8 nitrogen and oxygen atoms in total. The van der Waals surface area contributed by atoms with Gasteiger partial charge in [0.25, 0.3) is 0 Å². The third-order valence-corrected chi connectivity index (χ3v) is 4.13. The van der Waals surface area contributed by atoms with Gasteiger partial charge in [-0.15, -0.1) is 0 Å². The number of aromatic nitrogens is 2. The quantitative estimate of drug-likeness (QED) is 0.790. The van der Waals surface area contributed by atoms with E-state index in [0.717, 1.165) is 5.56 Å². The van der Waals surface area contributed by atoms with Gasteiger partial charge in [-0.1, -0.05) is 35.5 Å². The highest BCUT2D eigenvalue weighted by Gasteiger charge is 2.35. The first-order chi connectivity index (χ1) is 12.0. The molecule has 2 aromatic rings. The maximum absolute atomic E-state index is 12.5.